The average Bonchev–Trinajstić information content (AvgIpc) is 3.02. The molecule has 19 heavy (non-hydrogen) atoms. The summed E-state index contributed by atoms with van der Waals surface area (Å²) in [6.07, 6.45) is 1.40. The molecule has 1 aromatic carbocycles. The van der Waals surface area contributed by atoms with Gasteiger partial charge in [-0.05, 0) is 30.4 Å². The van der Waals surface area contributed by atoms with Crippen molar-refractivity contribution < 1.29 is 22.9 Å². The van der Waals surface area contributed by atoms with Crippen molar-refractivity contribution in [1.82, 2.24) is 0 Å². The molecule has 1 unspecified atom stereocenters. The third-order valence-electron chi connectivity index (χ3n) is 3.32. The molecule has 1 fully saturated rings. The van der Waals surface area contributed by atoms with Crippen LogP contribution in [0.4, 0.5) is 8.78 Å². The van der Waals surface area contributed by atoms with Gasteiger partial charge < -0.3 is 5.11 Å². The summed E-state index contributed by atoms with van der Waals surface area (Å²) in [5, 5.41) is 8.76. The molecule has 0 saturated heterocycles. The molecule has 1 aliphatic rings. The third-order valence-corrected chi connectivity index (χ3v) is 4.86. The number of hydrogen-bond acceptors (Lipinski definition) is 2. The Labute approximate surface area is 112 Å². The number of aliphatic carboxylic acids is 1. The second-order valence-electron chi connectivity index (χ2n) is 5.00. The fourth-order valence-electron chi connectivity index (χ4n) is 2.09. The maximum Gasteiger partial charge on any atom is 0.303 e. The number of rotatable bonds is 6. The average molecular weight is 288 g/mol. The van der Waals surface area contributed by atoms with Crippen molar-refractivity contribution in [3.05, 3.63) is 35.4 Å². The highest BCUT2D eigenvalue weighted by molar-refractivity contribution is 7.84. The molecular weight excluding hydrogens is 274 g/mol. The summed E-state index contributed by atoms with van der Waals surface area (Å²) in [6.45, 7) is 0. The smallest absolute Gasteiger partial charge is 0.303 e. The van der Waals surface area contributed by atoms with Crippen molar-refractivity contribution in [3.8, 4) is 0 Å². The number of halogens is 2. The Balaban J connectivity index is 2.00. The molecule has 1 atom stereocenters. The van der Waals surface area contributed by atoms with E-state index in [1.54, 1.807) is 0 Å². The third kappa shape index (κ3) is 3.59. The number of benzene rings is 1. The molecule has 0 bridgehead atoms. The van der Waals surface area contributed by atoms with Crippen LogP contribution in [0.2, 0.25) is 0 Å². The molecule has 1 N–H and O–H groups in total. The van der Waals surface area contributed by atoms with E-state index in [9.17, 15) is 17.8 Å². The van der Waals surface area contributed by atoms with Crippen molar-refractivity contribution in [2.24, 2.45) is 5.41 Å². The molecule has 3 nitrogen and oxygen atoms in total. The molecule has 1 aromatic rings. The zero-order chi connectivity index (χ0) is 14.0. The van der Waals surface area contributed by atoms with Gasteiger partial charge >= 0.3 is 5.97 Å². The summed E-state index contributed by atoms with van der Waals surface area (Å²) in [4.78, 5) is 10.7. The van der Waals surface area contributed by atoms with Crippen molar-refractivity contribution in [2.75, 3.05) is 5.75 Å². The quantitative estimate of drug-likeness (QED) is 0.875. The van der Waals surface area contributed by atoms with E-state index < -0.39 is 33.8 Å². The first-order valence-corrected chi connectivity index (χ1v) is 7.40. The Morgan fingerprint density at radius 1 is 1.32 bits per heavy atom. The Morgan fingerprint density at radius 2 is 1.89 bits per heavy atom. The molecule has 104 valence electrons. The molecule has 0 aromatic heterocycles. The van der Waals surface area contributed by atoms with Crippen LogP contribution in [0.5, 0.6) is 0 Å². The highest BCUT2D eigenvalue weighted by Crippen LogP contribution is 2.49. The van der Waals surface area contributed by atoms with Gasteiger partial charge in [0.2, 0.25) is 0 Å². The largest absolute Gasteiger partial charge is 0.481 e. The number of carboxylic acid groups (broad SMARTS) is 1. The minimum Gasteiger partial charge on any atom is -0.481 e. The van der Waals surface area contributed by atoms with E-state index in [4.69, 9.17) is 5.11 Å². The monoisotopic (exact) mass is 288 g/mol. The molecule has 0 radical (unpaired) electrons. The molecule has 1 aliphatic carbocycles. The van der Waals surface area contributed by atoms with Crippen LogP contribution in [-0.4, -0.2) is 21.0 Å². The zero-order valence-corrected chi connectivity index (χ0v) is 11.0. The lowest BCUT2D eigenvalue weighted by Crippen LogP contribution is -2.18. The standard InChI is InChI=1S/C13H14F2O3S/c14-10-2-1-3-11(15)9(10)7-19(18)8-13(4-5-13)6-12(16)17/h1-3H,4-8H2,(H,16,17). The number of hydrogen-bond donors (Lipinski definition) is 1. The van der Waals surface area contributed by atoms with E-state index in [0.717, 1.165) is 12.1 Å². The number of carbonyl (C=O) groups is 1. The van der Waals surface area contributed by atoms with Gasteiger partial charge in [0.15, 0.2) is 0 Å². The maximum atomic E-state index is 13.4. The van der Waals surface area contributed by atoms with Gasteiger partial charge in [0.05, 0.1) is 12.2 Å². The van der Waals surface area contributed by atoms with Crippen LogP contribution >= 0.6 is 0 Å². The Morgan fingerprint density at radius 3 is 2.37 bits per heavy atom. The molecule has 0 heterocycles. The minimum absolute atomic E-state index is 0.0293. The van der Waals surface area contributed by atoms with E-state index in [1.165, 1.54) is 6.07 Å². The van der Waals surface area contributed by atoms with Crippen molar-refractivity contribution >= 4 is 16.8 Å². The topological polar surface area (TPSA) is 54.4 Å². The van der Waals surface area contributed by atoms with Gasteiger partial charge in [-0.2, -0.15) is 0 Å². The van der Waals surface area contributed by atoms with Crippen molar-refractivity contribution in [3.63, 3.8) is 0 Å². The molecule has 0 aliphatic heterocycles. The normalized spacial score (nSPS) is 18.0. The molecule has 0 amide bonds. The molecule has 0 spiro atoms. The first-order valence-electron chi connectivity index (χ1n) is 5.92. The van der Waals surface area contributed by atoms with Crippen LogP contribution in [0.3, 0.4) is 0 Å². The summed E-state index contributed by atoms with van der Waals surface area (Å²) in [5.74, 6) is -2.37. The molecular formula is C13H14F2O3S. The van der Waals surface area contributed by atoms with Gasteiger partial charge in [0.25, 0.3) is 0 Å². The predicted molar refractivity (Wildman–Crippen MR) is 67.0 cm³/mol. The van der Waals surface area contributed by atoms with Gasteiger partial charge in [-0.25, -0.2) is 8.78 Å². The SMILES string of the molecule is O=C(O)CC1(CS(=O)Cc2c(F)cccc2F)CC1. The maximum absolute atomic E-state index is 13.4. The predicted octanol–water partition coefficient (Wildman–Crippen LogP) is 2.47. The van der Waals surface area contributed by atoms with Crippen LogP contribution in [0.25, 0.3) is 0 Å². The fraction of sp³-hybridized carbons (Fsp3) is 0.462. The molecule has 2 rings (SSSR count). The zero-order valence-electron chi connectivity index (χ0n) is 10.2. The van der Waals surface area contributed by atoms with E-state index in [1.807, 2.05) is 0 Å². The van der Waals surface area contributed by atoms with E-state index in [0.29, 0.717) is 12.8 Å². The van der Waals surface area contributed by atoms with Crippen molar-refractivity contribution in [1.29, 1.82) is 0 Å². The van der Waals surface area contributed by atoms with E-state index in [-0.39, 0.29) is 23.5 Å². The lowest BCUT2D eigenvalue weighted by Gasteiger charge is -2.12. The van der Waals surface area contributed by atoms with Crippen LogP contribution in [0, 0.1) is 17.0 Å². The van der Waals surface area contributed by atoms with Crippen LogP contribution in [0.15, 0.2) is 18.2 Å². The van der Waals surface area contributed by atoms with Crippen molar-refractivity contribution in [2.45, 2.75) is 25.0 Å². The van der Waals surface area contributed by atoms with E-state index in [2.05, 4.69) is 0 Å². The molecule has 1 saturated carbocycles. The summed E-state index contributed by atoms with van der Waals surface area (Å²) in [6, 6.07) is 3.50. The number of carboxylic acids is 1. The first kappa shape index (κ1) is 14.1. The summed E-state index contributed by atoms with van der Waals surface area (Å²) in [5.41, 5.74) is -0.620. The minimum atomic E-state index is -1.46. The van der Waals surface area contributed by atoms with Gasteiger partial charge in [0.1, 0.15) is 11.6 Å². The van der Waals surface area contributed by atoms with Crippen LogP contribution in [-0.2, 0) is 21.3 Å². The fourth-order valence-corrected chi connectivity index (χ4v) is 3.87. The lowest BCUT2D eigenvalue weighted by molar-refractivity contribution is -0.138. The summed E-state index contributed by atoms with van der Waals surface area (Å²) >= 11 is 0. The Kier molecular flexibility index (Phi) is 3.99. The highest BCUT2D eigenvalue weighted by atomic mass is 32.2. The summed E-state index contributed by atoms with van der Waals surface area (Å²) < 4.78 is 38.7. The Hall–Kier alpha value is -1.30. The lowest BCUT2D eigenvalue weighted by atomic mass is 10.1. The Bertz CT molecular complexity index is 506. The van der Waals surface area contributed by atoms with Gasteiger partial charge in [0, 0.05) is 22.1 Å². The van der Waals surface area contributed by atoms with Gasteiger partial charge in [-0.15, -0.1) is 0 Å². The summed E-state index contributed by atoms with van der Waals surface area (Å²) in [7, 11) is -1.46. The van der Waals surface area contributed by atoms with Crippen LogP contribution < -0.4 is 0 Å². The van der Waals surface area contributed by atoms with E-state index >= 15 is 0 Å². The second-order valence-corrected chi connectivity index (χ2v) is 6.46. The van der Waals surface area contributed by atoms with Gasteiger partial charge in [-0.1, -0.05) is 6.07 Å². The van der Waals surface area contributed by atoms with Crippen LogP contribution in [0.1, 0.15) is 24.8 Å². The second kappa shape index (κ2) is 5.36. The highest BCUT2D eigenvalue weighted by Gasteiger charge is 2.45. The molecule has 6 heteroatoms. The first-order chi connectivity index (χ1) is 8.92. The van der Waals surface area contributed by atoms with Gasteiger partial charge in [-0.3, -0.25) is 9.00 Å².